The van der Waals surface area contributed by atoms with E-state index >= 15 is 0 Å². The molecule has 2 aromatic heterocycles. The van der Waals surface area contributed by atoms with Crippen LogP contribution in [0.2, 0.25) is 5.15 Å². The molecule has 6 heteroatoms. The van der Waals surface area contributed by atoms with Crippen molar-refractivity contribution in [2.75, 3.05) is 0 Å². The van der Waals surface area contributed by atoms with Crippen LogP contribution >= 0.6 is 45.5 Å². The molecule has 0 unspecified atom stereocenters. The van der Waals surface area contributed by atoms with Crippen LogP contribution in [-0.4, -0.2) is 15.0 Å². The van der Waals surface area contributed by atoms with Crippen LogP contribution in [0.4, 0.5) is 0 Å². The van der Waals surface area contributed by atoms with Crippen LogP contribution in [0.5, 0.6) is 0 Å². The van der Waals surface area contributed by atoms with Gasteiger partial charge in [0.2, 0.25) is 0 Å². The first-order chi connectivity index (χ1) is 8.63. The number of fused-ring (bicyclic) bond motifs is 1. The molecular weight excluding hydrogens is 381 g/mol. The minimum absolute atomic E-state index is 0.486. The largest absolute Gasteiger partial charge is 0.249 e. The summed E-state index contributed by atoms with van der Waals surface area (Å²) in [5.41, 5.74) is 0.858. The predicted octanol–water partition coefficient (Wildman–Crippen LogP) is 4.32. The maximum Gasteiger partial charge on any atom is 0.173 e. The number of hydrogen-bond acceptors (Lipinski definition) is 4. The molecule has 1 aromatic carbocycles. The number of thiazole rings is 1. The summed E-state index contributed by atoms with van der Waals surface area (Å²) in [4.78, 5) is 14.0. The number of rotatable bonds is 1. The maximum atomic E-state index is 6.22. The van der Waals surface area contributed by atoms with E-state index in [0.717, 1.165) is 24.4 Å². The van der Waals surface area contributed by atoms with Crippen molar-refractivity contribution in [3.8, 4) is 10.7 Å². The van der Waals surface area contributed by atoms with Gasteiger partial charge in [-0.15, -0.1) is 11.3 Å². The lowest BCUT2D eigenvalue weighted by atomic mass is 10.2. The maximum absolute atomic E-state index is 6.22. The van der Waals surface area contributed by atoms with Gasteiger partial charge in [-0.25, -0.2) is 15.0 Å². The van der Waals surface area contributed by atoms with Gasteiger partial charge in [0.15, 0.2) is 5.82 Å². The topological polar surface area (TPSA) is 38.7 Å². The van der Waals surface area contributed by atoms with E-state index in [1.807, 2.05) is 25.1 Å². The van der Waals surface area contributed by atoms with Crippen molar-refractivity contribution in [1.82, 2.24) is 15.0 Å². The number of nitrogens with zero attached hydrogens (tertiary/aromatic N) is 3. The third-order valence-electron chi connectivity index (χ3n) is 2.45. The molecule has 0 spiro atoms. The highest BCUT2D eigenvalue weighted by Gasteiger charge is 2.10. The molecule has 0 aliphatic rings. The van der Waals surface area contributed by atoms with E-state index in [-0.39, 0.29) is 0 Å². The summed E-state index contributed by atoms with van der Waals surface area (Å²) in [5.74, 6) is 0.638. The van der Waals surface area contributed by atoms with Gasteiger partial charge in [0.05, 0.1) is 15.4 Å². The van der Waals surface area contributed by atoms with E-state index in [1.54, 1.807) is 17.5 Å². The summed E-state index contributed by atoms with van der Waals surface area (Å²) < 4.78 is 1.12. The lowest BCUT2D eigenvalue weighted by Crippen LogP contribution is -1.90. The molecule has 0 fully saturated rings. The van der Waals surface area contributed by atoms with Crippen LogP contribution in [0.1, 0.15) is 5.01 Å². The molecule has 0 bridgehead atoms. The molecule has 0 N–H and O–H groups in total. The molecule has 3 nitrogen and oxygen atoms in total. The summed E-state index contributed by atoms with van der Waals surface area (Å²) in [6.45, 7) is 1.96. The average Bonchev–Trinajstić information content (AvgIpc) is 2.77. The molecular formula is C12H7ClIN3S. The second-order valence-corrected chi connectivity index (χ2v) is 6.58. The fourth-order valence-corrected chi connectivity index (χ4v) is 3.07. The lowest BCUT2D eigenvalue weighted by Gasteiger charge is -2.03. The SMILES string of the molecule is Cc1ncc(-c2nc(Cl)c3cc(I)ccc3n2)s1. The van der Waals surface area contributed by atoms with Gasteiger partial charge in [-0.1, -0.05) is 11.6 Å². The lowest BCUT2D eigenvalue weighted by molar-refractivity contribution is 1.23. The summed E-state index contributed by atoms with van der Waals surface area (Å²) in [5, 5.41) is 2.36. The van der Waals surface area contributed by atoms with Gasteiger partial charge in [-0.3, -0.25) is 0 Å². The molecule has 0 aliphatic heterocycles. The summed E-state index contributed by atoms with van der Waals surface area (Å²) in [6, 6.07) is 5.95. The fourth-order valence-electron chi connectivity index (χ4n) is 1.64. The predicted molar refractivity (Wildman–Crippen MR) is 83.1 cm³/mol. The monoisotopic (exact) mass is 387 g/mol. The Labute approximate surface area is 126 Å². The zero-order valence-corrected chi connectivity index (χ0v) is 13.0. The van der Waals surface area contributed by atoms with Gasteiger partial charge in [-0.2, -0.15) is 0 Å². The van der Waals surface area contributed by atoms with Gasteiger partial charge in [0.25, 0.3) is 0 Å². The average molecular weight is 388 g/mol. The van der Waals surface area contributed by atoms with Crippen molar-refractivity contribution >= 4 is 56.4 Å². The Bertz CT molecular complexity index is 741. The molecule has 3 aromatic rings. The Morgan fingerprint density at radius 1 is 1.28 bits per heavy atom. The number of aryl methyl sites for hydroxylation is 1. The van der Waals surface area contributed by atoms with Crippen LogP contribution in [0, 0.1) is 10.5 Å². The Morgan fingerprint density at radius 2 is 2.11 bits per heavy atom. The molecule has 0 radical (unpaired) electrons. The van der Waals surface area contributed by atoms with Gasteiger partial charge in [0.1, 0.15) is 5.15 Å². The number of halogens is 2. The molecule has 0 amide bonds. The van der Waals surface area contributed by atoms with E-state index in [1.165, 1.54) is 0 Å². The van der Waals surface area contributed by atoms with Crippen LogP contribution in [-0.2, 0) is 0 Å². The van der Waals surface area contributed by atoms with Gasteiger partial charge in [0, 0.05) is 15.2 Å². The third-order valence-corrected chi connectivity index (χ3v) is 4.32. The first kappa shape index (κ1) is 12.3. The van der Waals surface area contributed by atoms with Crippen molar-refractivity contribution in [2.45, 2.75) is 6.92 Å². The zero-order chi connectivity index (χ0) is 12.7. The van der Waals surface area contributed by atoms with Gasteiger partial charge in [-0.05, 0) is 47.7 Å². The molecule has 2 heterocycles. The van der Waals surface area contributed by atoms with Crippen molar-refractivity contribution in [3.05, 3.63) is 38.1 Å². The van der Waals surface area contributed by atoms with E-state index in [9.17, 15) is 0 Å². The Kier molecular flexibility index (Phi) is 3.21. The number of hydrogen-bond donors (Lipinski definition) is 0. The zero-order valence-electron chi connectivity index (χ0n) is 9.32. The Hall–Kier alpha value is -0.790. The summed E-state index contributed by atoms with van der Waals surface area (Å²) in [7, 11) is 0. The third kappa shape index (κ3) is 2.22. The van der Waals surface area contributed by atoms with Crippen LogP contribution in [0.25, 0.3) is 21.6 Å². The summed E-state index contributed by atoms with van der Waals surface area (Å²) in [6.07, 6.45) is 1.78. The van der Waals surface area contributed by atoms with E-state index < -0.39 is 0 Å². The van der Waals surface area contributed by atoms with E-state index in [2.05, 4.69) is 37.5 Å². The Morgan fingerprint density at radius 3 is 2.83 bits per heavy atom. The van der Waals surface area contributed by atoms with E-state index in [4.69, 9.17) is 11.6 Å². The summed E-state index contributed by atoms with van der Waals surface area (Å²) >= 11 is 10.0. The fraction of sp³-hybridized carbons (Fsp3) is 0.0833. The second kappa shape index (κ2) is 4.71. The minimum Gasteiger partial charge on any atom is -0.249 e. The van der Waals surface area contributed by atoms with Gasteiger partial charge < -0.3 is 0 Å². The van der Waals surface area contributed by atoms with Crippen molar-refractivity contribution in [3.63, 3.8) is 0 Å². The molecule has 0 saturated heterocycles. The Balaban J connectivity index is 2.24. The minimum atomic E-state index is 0.486. The molecule has 0 saturated carbocycles. The standard InChI is InChI=1S/C12H7ClIN3S/c1-6-15-5-10(18-6)12-16-9-3-2-7(14)4-8(9)11(13)17-12/h2-5H,1H3. The van der Waals surface area contributed by atoms with Crippen LogP contribution in [0.3, 0.4) is 0 Å². The number of benzene rings is 1. The number of aromatic nitrogens is 3. The highest BCUT2D eigenvalue weighted by molar-refractivity contribution is 14.1. The van der Waals surface area contributed by atoms with Crippen LogP contribution < -0.4 is 0 Å². The first-order valence-corrected chi connectivity index (χ1v) is 7.46. The molecule has 0 atom stereocenters. The molecule has 18 heavy (non-hydrogen) atoms. The van der Waals surface area contributed by atoms with E-state index in [0.29, 0.717) is 11.0 Å². The molecule has 3 rings (SSSR count). The first-order valence-electron chi connectivity index (χ1n) is 5.19. The van der Waals surface area contributed by atoms with Crippen molar-refractivity contribution in [1.29, 1.82) is 0 Å². The van der Waals surface area contributed by atoms with Crippen LogP contribution in [0.15, 0.2) is 24.4 Å². The normalized spacial score (nSPS) is 11.1. The quantitative estimate of drug-likeness (QED) is 0.461. The van der Waals surface area contributed by atoms with Crippen molar-refractivity contribution in [2.24, 2.45) is 0 Å². The highest BCUT2D eigenvalue weighted by atomic mass is 127. The van der Waals surface area contributed by atoms with Gasteiger partial charge >= 0.3 is 0 Å². The highest BCUT2D eigenvalue weighted by Crippen LogP contribution is 2.28. The van der Waals surface area contributed by atoms with Crippen molar-refractivity contribution < 1.29 is 0 Å². The molecule has 0 aliphatic carbocycles. The second-order valence-electron chi connectivity index (χ2n) is 3.74. The molecule has 90 valence electrons. The smallest absolute Gasteiger partial charge is 0.173 e.